The van der Waals surface area contributed by atoms with Gasteiger partial charge in [0.1, 0.15) is 0 Å². The highest BCUT2D eigenvalue weighted by Gasteiger charge is 2.14. The Balaban J connectivity index is 2.31. The second-order valence-electron chi connectivity index (χ2n) is 5.42. The molecule has 21 heavy (non-hydrogen) atoms. The lowest BCUT2D eigenvalue weighted by Gasteiger charge is -2.27. The summed E-state index contributed by atoms with van der Waals surface area (Å²) >= 11 is 6.40. The summed E-state index contributed by atoms with van der Waals surface area (Å²) in [6.07, 6.45) is 0.792. The maximum atomic E-state index is 6.40. The molecule has 2 aromatic rings. The largest absolute Gasteiger partial charge is 0.367 e. The summed E-state index contributed by atoms with van der Waals surface area (Å²) in [5, 5.41) is 0.802. The SMILES string of the molecule is CCN(Cc1ccccc1)c1cccc(Cl)c1CC(C)N. The Bertz CT molecular complexity index is 567. The first-order chi connectivity index (χ1) is 10.1. The smallest absolute Gasteiger partial charge is 0.0459 e. The molecule has 0 radical (unpaired) electrons. The van der Waals surface area contributed by atoms with Gasteiger partial charge in [0, 0.05) is 29.8 Å². The zero-order chi connectivity index (χ0) is 15.2. The van der Waals surface area contributed by atoms with Crippen LogP contribution in [0.1, 0.15) is 25.0 Å². The fourth-order valence-corrected chi connectivity index (χ4v) is 2.79. The minimum Gasteiger partial charge on any atom is -0.367 e. The first kappa shape index (κ1) is 15.9. The first-order valence-electron chi connectivity index (χ1n) is 7.43. The predicted molar refractivity (Wildman–Crippen MR) is 92.0 cm³/mol. The number of hydrogen-bond donors (Lipinski definition) is 1. The van der Waals surface area contributed by atoms with Gasteiger partial charge in [-0.15, -0.1) is 0 Å². The number of benzene rings is 2. The van der Waals surface area contributed by atoms with Gasteiger partial charge in [-0.25, -0.2) is 0 Å². The van der Waals surface area contributed by atoms with E-state index in [1.54, 1.807) is 0 Å². The molecule has 0 aromatic heterocycles. The quantitative estimate of drug-likeness (QED) is 0.864. The Hall–Kier alpha value is -1.51. The highest BCUT2D eigenvalue weighted by Crippen LogP contribution is 2.29. The van der Waals surface area contributed by atoms with E-state index in [-0.39, 0.29) is 6.04 Å². The Morgan fingerprint density at radius 1 is 1.10 bits per heavy atom. The Morgan fingerprint density at radius 2 is 1.81 bits per heavy atom. The number of rotatable bonds is 6. The summed E-state index contributed by atoms with van der Waals surface area (Å²) < 4.78 is 0. The normalized spacial score (nSPS) is 12.2. The van der Waals surface area contributed by atoms with Crippen LogP contribution in [0.3, 0.4) is 0 Å². The topological polar surface area (TPSA) is 29.3 Å². The van der Waals surface area contributed by atoms with Crippen molar-refractivity contribution in [3.63, 3.8) is 0 Å². The van der Waals surface area contributed by atoms with Gasteiger partial charge in [-0.05, 0) is 43.5 Å². The molecule has 0 amide bonds. The summed E-state index contributed by atoms with van der Waals surface area (Å²) in [6.45, 7) is 5.99. The van der Waals surface area contributed by atoms with E-state index >= 15 is 0 Å². The maximum Gasteiger partial charge on any atom is 0.0459 e. The Labute approximate surface area is 132 Å². The molecule has 0 fully saturated rings. The van der Waals surface area contributed by atoms with Crippen LogP contribution in [0.25, 0.3) is 0 Å². The van der Waals surface area contributed by atoms with Gasteiger partial charge in [0.25, 0.3) is 0 Å². The molecule has 2 N–H and O–H groups in total. The molecule has 0 saturated carbocycles. The molecule has 0 aliphatic rings. The van der Waals surface area contributed by atoms with Crippen molar-refractivity contribution in [2.45, 2.75) is 32.9 Å². The summed E-state index contributed by atoms with van der Waals surface area (Å²) in [5.74, 6) is 0. The van der Waals surface area contributed by atoms with E-state index in [0.717, 1.165) is 30.1 Å². The Kier molecular flexibility index (Phi) is 5.66. The van der Waals surface area contributed by atoms with Crippen LogP contribution in [0.15, 0.2) is 48.5 Å². The average Bonchev–Trinajstić information content (AvgIpc) is 2.48. The van der Waals surface area contributed by atoms with Crippen LogP contribution in [-0.2, 0) is 13.0 Å². The second kappa shape index (κ2) is 7.48. The van der Waals surface area contributed by atoms with Crippen molar-refractivity contribution in [1.82, 2.24) is 0 Å². The van der Waals surface area contributed by atoms with Gasteiger partial charge >= 0.3 is 0 Å². The number of nitrogens with two attached hydrogens (primary N) is 1. The van der Waals surface area contributed by atoms with Gasteiger partial charge in [-0.2, -0.15) is 0 Å². The number of anilines is 1. The van der Waals surface area contributed by atoms with Crippen LogP contribution >= 0.6 is 11.6 Å². The van der Waals surface area contributed by atoms with Crippen LogP contribution in [0, 0.1) is 0 Å². The molecule has 2 rings (SSSR count). The fourth-order valence-electron chi connectivity index (χ4n) is 2.54. The van der Waals surface area contributed by atoms with Crippen molar-refractivity contribution in [2.24, 2.45) is 5.73 Å². The summed E-state index contributed by atoms with van der Waals surface area (Å²) in [5.41, 5.74) is 9.61. The Morgan fingerprint density at radius 3 is 2.43 bits per heavy atom. The molecule has 0 heterocycles. The van der Waals surface area contributed by atoms with Crippen LogP contribution in [0.5, 0.6) is 0 Å². The van der Waals surface area contributed by atoms with E-state index in [0.29, 0.717) is 0 Å². The lowest BCUT2D eigenvalue weighted by Crippen LogP contribution is -2.25. The molecule has 1 unspecified atom stereocenters. The fraction of sp³-hybridized carbons (Fsp3) is 0.333. The standard InChI is InChI=1S/C18H23ClN2/c1-3-21(13-15-8-5-4-6-9-15)18-11-7-10-17(19)16(18)12-14(2)20/h4-11,14H,3,12-13,20H2,1-2H3. The average molecular weight is 303 g/mol. The molecule has 2 aromatic carbocycles. The molecule has 0 saturated heterocycles. The van der Waals surface area contributed by atoms with Gasteiger partial charge in [-0.3, -0.25) is 0 Å². The number of nitrogens with zero attached hydrogens (tertiary/aromatic N) is 1. The van der Waals surface area contributed by atoms with Gasteiger partial charge in [0.2, 0.25) is 0 Å². The lowest BCUT2D eigenvalue weighted by atomic mass is 10.0. The van der Waals surface area contributed by atoms with Crippen molar-refractivity contribution in [2.75, 3.05) is 11.4 Å². The van der Waals surface area contributed by atoms with Crippen molar-refractivity contribution in [3.8, 4) is 0 Å². The zero-order valence-electron chi connectivity index (χ0n) is 12.7. The monoisotopic (exact) mass is 302 g/mol. The third kappa shape index (κ3) is 4.23. The molecule has 0 aliphatic heterocycles. The van der Waals surface area contributed by atoms with Crippen LogP contribution < -0.4 is 10.6 Å². The van der Waals surface area contributed by atoms with Crippen LogP contribution in [0.4, 0.5) is 5.69 Å². The van der Waals surface area contributed by atoms with E-state index in [1.165, 1.54) is 11.3 Å². The van der Waals surface area contributed by atoms with E-state index in [1.807, 2.05) is 25.1 Å². The molecular weight excluding hydrogens is 280 g/mol. The minimum absolute atomic E-state index is 0.0964. The van der Waals surface area contributed by atoms with Crippen LogP contribution in [-0.4, -0.2) is 12.6 Å². The third-order valence-electron chi connectivity index (χ3n) is 3.56. The molecule has 0 aliphatic carbocycles. The highest BCUT2D eigenvalue weighted by atomic mass is 35.5. The third-order valence-corrected chi connectivity index (χ3v) is 3.91. The predicted octanol–water partition coefficient (Wildman–Crippen LogP) is 4.26. The molecule has 1 atom stereocenters. The molecule has 0 bridgehead atoms. The second-order valence-corrected chi connectivity index (χ2v) is 5.83. The summed E-state index contributed by atoms with van der Waals surface area (Å²) in [6, 6.07) is 16.7. The minimum atomic E-state index is 0.0964. The lowest BCUT2D eigenvalue weighted by molar-refractivity contribution is 0.729. The van der Waals surface area contributed by atoms with Gasteiger partial charge in [-0.1, -0.05) is 48.0 Å². The highest BCUT2D eigenvalue weighted by molar-refractivity contribution is 6.31. The van der Waals surface area contributed by atoms with Gasteiger partial charge < -0.3 is 10.6 Å². The number of hydrogen-bond acceptors (Lipinski definition) is 2. The van der Waals surface area contributed by atoms with E-state index < -0.39 is 0 Å². The molecular formula is C18H23ClN2. The summed E-state index contributed by atoms with van der Waals surface area (Å²) in [4.78, 5) is 2.35. The van der Waals surface area contributed by atoms with Crippen molar-refractivity contribution >= 4 is 17.3 Å². The van der Waals surface area contributed by atoms with Crippen molar-refractivity contribution < 1.29 is 0 Å². The van der Waals surface area contributed by atoms with Gasteiger partial charge in [0.05, 0.1) is 0 Å². The van der Waals surface area contributed by atoms with Crippen molar-refractivity contribution in [1.29, 1.82) is 0 Å². The molecule has 3 heteroatoms. The maximum absolute atomic E-state index is 6.40. The number of halogens is 1. The first-order valence-corrected chi connectivity index (χ1v) is 7.81. The van der Waals surface area contributed by atoms with Gasteiger partial charge in [0.15, 0.2) is 0 Å². The van der Waals surface area contributed by atoms with Crippen LogP contribution in [0.2, 0.25) is 5.02 Å². The van der Waals surface area contributed by atoms with E-state index in [9.17, 15) is 0 Å². The molecule has 112 valence electrons. The summed E-state index contributed by atoms with van der Waals surface area (Å²) in [7, 11) is 0. The van der Waals surface area contributed by atoms with Crippen molar-refractivity contribution in [3.05, 3.63) is 64.7 Å². The van der Waals surface area contributed by atoms with E-state index in [4.69, 9.17) is 17.3 Å². The van der Waals surface area contributed by atoms with E-state index in [2.05, 4.69) is 42.2 Å². The molecule has 2 nitrogen and oxygen atoms in total. The molecule has 0 spiro atoms. The zero-order valence-corrected chi connectivity index (χ0v) is 13.5.